The Bertz CT molecular complexity index is 926. The van der Waals surface area contributed by atoms with Gasteiger partial charge in [-0.3, -0.25) is 0 Å². The fourth-order valence-corrected chi connectivity index (χ4v) is 4.45. The Morgan fingerprint density at radius 2 is 1.57 bits per heavy atom. The number of hydrogen-bond acceptors (Lipinski definition) is 5. The zero-order valence-electron chi connectivity index (χ0n) is 12.6. The van der Waals surface area contributed by atoms with E-state index in [9.17, 15) is 8.42 Å². The van der Waals surface area contributed by atoms with Gasteiger partial charge in [-0.05, 0) is 0 Å². The fourth-order valence-electron chi connectivity index (χ4n) is 2.28. The van der Waals surface area contributed by atoms with Crippen molar-refractivity contribution in [1.82, 2.24) is 10.2 Å². The summed E-state index contributed by atoms with van der Waals surface area (Å²) < 4.78 is 22.5. The monoisotopic (exact) mass is 344 g/mol. The Labute approximate surface area is 139 Å². The van der Waals surface area contributed by atoms with Gasteiger partial charge in [-0.15, -0.1) is 22.0 Å². The lowest BCUT2D eigenvalue weighted by atomic mass is 10.1. The molecular formula is C17H16N2O2S2. The third-order valence-electron chi connectivity index (χ3n) is 3.39. The van der Waals surface area contributed by atoms with Gasteiger partial charge in [0.1, 0.15) is 20.6 Å². The van der Waals surface area contributed by atoms with E-state index in [2.05, 4.69) is 10.2 Å². The van der Waals surface area contributed by atoms with Gasteiger partial charge < -0.3 is 0 Å². The summed E-state index contributed by atoms with van der Waals surface area (Å²) in [5.41, 5.74) is 1.86. The van der Waals surface area contributed by atoms with E-state index in [4.69, 9.17) is 0 Å². The van der Waals surface area contributed by atoms with Crippen LogP contribution < -0.4 is 0 Å². The quantitative estimate of drug-likeness (QED) is 0.664. The van der Waals surface area contributed by atoms with Crippen LogP contribution in [0.5, 0.6) is 0 Å². The van der Waals surface area contributed by atoms with Gasteiger partial charge in [0.2, 0.25) is 0 Å². The molecule has 1 heterocycles. The second-order valence-corrected chi connectivity index (χ2v) is 8.59. The van der Waals surface area contributed by atoms with Crippen LogP contribution in [-0.2, 0) is 9.84 Å². The van der Waals surface area contributed by atoms with Gasteiger partial charge >= 0.3 is 0 Å². The highest BCUT2D eigenvalue weighted by Gasteiger charge is 2.11. The van der Waals surface area contributed by atoms with Crippen molar-refractivity contribution in [3.8, 4) is 11.3 Å². The summed E-state index contributed by atoms with van der Waals surface area (Å²) in [5, 5.41) is 11.5. The molecule has 0 unspecified atom stereocenters. The molecule has 3 aromatic rings. The number of hydrogen-bond donors (Lipinski definition) is 0. The Kier molecular flexibility index (Phi) is 4.63. The normalized spacial score (nSPS) is 11.7. The van der Waals surface area contributed by atoms with Gasteiger partial charge in [-0.25, -0.2) is 8.42 Å². The molecule has 23 heavy (non-hydrogen) atoms. The molecule has 2 aromatic carbocycles. The Hall–Kier alpha value is -1.92. The van der Waals surface area contributed by atoms with E-state index in [1.54, 1.807) is 0 Å². The average molecular weight is 344 g/mol. The Morgan fingerprint density at radius 1 is 0.913 bits per heavy atom. The third kappa shape index (κ3) is 3.89. The van der Waals surface area contributed by atoms with Crippen LogP contribution in [0, 0.1) is 0 Å². The molecule has 1 aromatic heterocycles. The molecule has 0 saturated heterocycles. The Balaban J connectivity index is 1.99. The van der Waals surface area contributed by atoms with E-state index >= 15 is 0 Å². The maximum absolute atomic E-state index is 11.3. The van der Waals surface area contributed by atoms with Crippen LogP contribution in [0.3, 0.4) is 0 Å². The van der Waals surface area contributed by atoms with Gasteiger partial charge in [-0.2, -0.15) is 0 Å². The summed E-state index contributed by atoms with van der Waals surface area (Å²) in [5.74, 6) is 0.607. The lowest BCUT2D eigenvalue weighted by Crippen LogP contribution is -2.05. The van der Waals surface area contributed by atoms with Crippen molar-refractivity contribution >= 4 is 32.4 Å². The first-order valence-corrected chi connectivity index (χ1v) is 10.2. The summed E-state index contributed by atoms with van der Waals surface area (Å²) in [6.07, 6.45) is 1.25. The second kappa shape index (κ2) is 6.68. The highest BCUT2D eigenvalue weighted by atomic mass is 32.2. The highest BCUT2D eigenvalue weighted by molar-refractivity contribution is 8.00. The van der Waals surface area contributed by atoms with Crippen molar-refractivity contribution < 1.29 is 8.42 Å². The van der Waals surface area contributed by atoms with Gasteiger partial charge in [0, 0.05) is 28.3 Å². The lowest BCUT2D eigenvalue weighted by Gasteiger charge is -2.09. The first-order valence-electron chi connectivity index (χ1n) is 7.16. The van der Waals surface area contributed by atoms with E-state index < -0.39 is 9.84 Å². The minimum atomic E-state index is -2.97. The van der Waals surface area contributed by atoms with Crippen molar-refractivity contribution in [3.05, 3.63) is 54.6 Å². The van der Waals surface area contributed by atoms with Gasteiger partial charge in [-0.1, -0.05) is 54.6 Å². The number of nitrogens with zero attached hydrogens (tertiary/aromatic N) is 2. The van der Waals surface area contributed by atoms with Crippen LogP contribution in [0.25, 0.3) is 22.0 Å². The fraction of sp³-hybridized carbons (Fsp3) is 0.176. The van der Waals surface area contributed by atoms with Crippen LogP contribution in [-0.4, -0.2) is 36.4 Å². The van der Waals surface area contributed by atoms with Crippen LogP contribution in [0.1, 0.15) is 0 Å². The number of benzene rings is 2. The second-order valence-electron chi connectivity index (χ2n) is 5.24. The van der Waals surface area contributed by atoms with Crippen molar-refractivity contribution in [1.29, 1.82) is 0 Å². The number of rotatable bonds is 5. The smallest absolute Gasteiger partial charge is 0.148 e. The molecule has 118 valence electrons. The summed E-state index contributed by atoms with van der Waals surface area (Å²) in [7, 11) is -2.97. The highest BCUT2D eigenvalue weighted by Crippen LogP contribution is 2.31. The van der Waals surface area contributed by atoms with E-state index in [-0.39, 0.29) is 5.75 Å². The van der Waals surface area contributed by atoms with Gasteiger partial charge in [0.25, 0.3) is 0 Å². The minimum absolute atomic E-state index is 0.133. The van der Waals surface area contributed by atoms with Crippen molar-refractivity contribution in [2.75, 3.05) is 17.8 Å². The summed E-state index contributed by atoms with van der Waals surface area (Å²) in [6, 6.07) is 17.9. The molecule has 4 nitrogen and oxygen atoms in total. The third-order valence-corrected chi connectivity index (χ3v) is 5.58. The molecule has 0 aliphatic carbocycles. The number of fused-ring (bicyclic) bond motifs is 1. The largest absolute Gasteiger partial charge is 0.229 e. The first kappa shape index (κ1) is 16.0. The number of aromatic nitrogens is 2. The first-order chi connectivity index (χ1) is 11.0. The molecule has 0 aliphatic heterocycles. The molecule has 0 saturated carbocycles. The molecular weight excluding hydrogens is 328 g/mol. The molecule has 0 spiro atoms. The average Bonchev–Trinajstić information content (AvgIpc) is 2.55. The Morgan fingerprint density at radius 3 is 2.26 bits per heavy atom. The lowest BCUT2D eigenvalue weighted by molar-refractivity contribution is 0.603. The van der Waals surface area contributed by atoms with Crippen LogP contribution in [0.15, 0.2) is 59.6 Å². The van der Waals surface area contributed by atoms with E-state index in [0.717, 1.165) is 27.1 Å². The van der Waals surface area contributed by atoms with Crippen molar-refractivity contribution in [2.45, 2.75) is 5.03 Å². The van der Waals surface area contributed by atoms with E-state index in [0.29, 0.717) is 5.75 Å². The maximum Gasteiger partial charge on any atom is 0.148 e. The van der Waals surface area contributed by atoms with Crippen molar-refractivity contribution in [2.24, 2.45) is 0 Å². The molecule has 0 amide bonds. The maximum atomic E-state index is 11.3. The molecule has 0 bridgehead atoms. The predicted octanol–water partition coefficient (Wildman–Crippen LogP) is 3.43. The van der Waals surface area contributed by atoms with E-state index in [1.165, 1.54) is 18.0 Å². The van der Waals surface area contributed by atoms with Gasteiger partial charge in [0.05, 0.1) is 5.75 Å². The van der Waals surface area contributed by atoms with E-state index in [1.807, 2.05) is 54.6 Å². The van der Waals surface area contributed by atoms with Crippen molar-refractivity contribution in [3.63, 3.8) is 0 Å². The standard InChI is InChI=1S/C17H16N2O2S2/c1-23(20,21)12-11-22-17-15-10-6-5-9-14(15)16(18-19-17)13-7-3-2-4-8-13/h2-10H,11-12H2,1H3. The molecule has 0 atom stereocenters. The minimum Gasteiger partial charge on any atom is -0.229 e. The SMILES string of the molecule is CS(=O)(=O)CCSc1nnc(-c2ccccc2)c2ccccc12. The molecule has 0 aliphatic rings. The predicted molar refractivity (Wildman–Crippen MR) is 95.4 cm³/mol. The summed E-state index contributed by atoms with van der Waals surface area (Å²) >= 11 is 1.43. The molecule has 6 heteroatoms. The number of sulfone groups is 1. The number of thioether (sulfide) groups is 1. The topological polar surface area (TPSA) is 59.9 Å². The molecule has 0 N–H and O–H groups in total. The molecule has 0 radical (unpaired) electrons. The van der Waals surface area contributed by atoms with Crippen LogP contribution in [0.2, 0.25) is 0 Å². The molecule has 0 fully saturated rings. The summed E-state index contributed by atoms with van der Waals surface area (Å²) in [6.45, 7) is 0. The zero-order chi connectivity index (χ0) is 16.3. The van der Waals surface area contributed by atoms with Crippen LogP contribution >= 0.6 is 11.8 Å². The summed E-state index contributed by atoms with van der Waals surface area (Å²) in [4.78, 5) is 0. The molecule has 3 rings (SSSR count). The zero-order valence-corrected chi connectivity index (χ0v) is 14.3. The van der Waals surface area contributed by atoms with Crippen LogP contribution in [0.4, 0.5) is 0 Å². The van der Waals surface area contributed by atoms with Gasteiger partial charge in [0.15, 0.2) is 0 Å².